The van der Waals surface area contributed by atoms with E-state index in [2.05, 4.69) is 0 Å². The highest BCUT2D eigenvalue weighted by Gasteiger charge is 2.25. The smallest absolute Gasteiger partial charge is 0.137 e. The van der Waals surface area contributed by atoms with Crippen molar-refractivity contribution in [3.63, 3.8) is 0 Å². The summed E-state index contributed by atoms with van der Waals surface area (Å²) in [7, 11) is 2.88. The summed E-state index contributed by atoms with van der Waals surface area (Å²) in [6.07, 6.45) is 0. The standard InChI is InChI=1S/C12H14FNO2/c1-12(2,13)9-6-10(15-3)8(7-14)5-11(9)16-4/h5-6H,1-4H3. The van der Waals surface area contributed by atoms with Crippen LogP contribution in [0.1, 0.15) is 25.0 Å². The lowest BCUT2D eigenvalue weighted by molar-refractivity contribution is 0.212. The molecule has 0 aliphatic carbocycles. The maximum atomic E-state index is 13.9. The summed E-state index contributed by atoms with van der Waals surface area (Å²) in [5.41, 5.74) is -0.856. The van der Waals surface area contributed by atoms with Crippen LogP contribution in [0.2, 0.25) is 0 Å². The van der Waals surface area contributed by atoms with Crippen LogP contribution in [0.15, 0.2) is 12.1 Å². The molecular formula is C12H14FNO2. The van der Waals surface area contributed by atoms with Gasteiger partial charge in [0.2, 0.25) is 0 Å². The minimum Gasteiger partial charge on any atom is -0.496 e. The van der Waals surface area contributed by atoms with Crippen LogP contribution in [-0.2, 0) is 5.67 Å². The largest absolute Gasteiger partial charge is 0.496 e. The van der Waals surface area contributed by atoms with Crippen molar-refractivity contribution in [1.29, 1.82) is 5.26 Å². The van der Waals surface area contributed by atoms with Gasteiger partial charge in [-0.05, 0) is 19.9 Å². The van der Waals surface area contributed by atoms with Crippen molar-refractivity contribution in [3.8, 4) is 17.6 Å². The predicted octanol–water partition coefficient (Wildman–Crippen LogP) is 2.78. The number of ether oxygens (including phenoxy) is 2. The van der Waals surface area contributed by atoms with Crippen molar-refractivity contribution < 1.29 is 13.9 Å². The predicted molar refractivity (Wildman–Crippen MR) is 58.4 cm³/mol. The van der Waals surface area contributed by atoms with E-state index in [1.54, 1.807) is 0 Å². The van der Waals surface area contributed by atoms with Crippen LogP contribution in [-0.4, -0.2) is 14.2 Å². The van der Waals surface area contributed by atoms with E-state index >= 15 is 0 Å². The molecule has 0 aromatic heterocycles. The van der Waals surface area contributed by atoms with Gasteiger partial charge in [-0.25, -0.2) is 4.39 Å². The molecule has 0 aliphatic rings. The average Bonchev–Trinajstić information content (AvgIpc) is 2.25. The van der Waals surface area contributed by atoms with E-state index in [1.807, 2.05) is 6.07 Å². The van der Waals surface area contributed by atoms with Gasteiger partial charge in [-0.2, -0.15) is 5.26 Å². The zero-order chi connectivity index (χ0) is 12.3. The maximum Gasteiger partial charge on any atom is 0.137 e. The van der Waals surface area contributed by atoms with Crippen LogP contribution < -0.4 is 9.47 Å². The van der Waals surface area contributed by atoms with E-state index in [4.69, 9.17) is 14.7 Å². The molecule has 86 valence electrons. The maximum absolute atomic E-state index is 13.9. The number of hydrogen-bond acceptors (Lipinski definition) is 3. The SMILES string of the molecule is COc1cc(C(C)(C)F)c(OC)cc1C#N. The molecule has 0 N–H and O–H groups in total. The second kappa shape index (κ2) is 4.40. The molecular weight excluding hydrogens is 209 g/mol. The molecule has 0 amide bonds. The number of methoxy groups -OCH3 is 2. The molecule has 1 aromatic carbocycles. The first kappa shape index (κ1) is 12.3. The van der Waals surface area contributed by atoms with Crippen molar-refractivity contribution in [3.05, 3.63) is 23.3 Å². The number of hydrogen-bond donors (Lipinski definition) is 0. The molecule has 0 fully saturated rings. The van der Waals surface area contributed by atoms with Gasteiger partial charge in [0, 0.05) is 11.6 Å². The topological polar surface area (TPSA) is 42.2 Å². The van der Waals surface area contributed by atoms with Gasteiger partial charge in [-0.3, -0.25) is 0 Å². The average molecular weight is 223 g/mol. The number of benzene rings is 1. The Morgan fingerprint density at radius 2 is 1.75 bits per heavy atom. The van der Waals surface area contributed by atoms with E-state index in [9.17, 15) is 4.39 Å². The van der Waals surface area contributed by atoms with Gasteiger partial charge in [-0.1, -0.05) is 0 Å². The fraction of sp³-hybridized carbons (Fsp3) is 0.417. The van der Waals surface area contributed by atoms with Gasteiger partial charge in [0.25, 0.3) is 0 Å². The zero-order valence-electron chi connectivity index (χ0n) is 9.80. The molecule has 0 radical (unpaired) electrons. The monoisotopic (exact) mass is 223 g/mol. The van der Waals surface area contributed by atoms with E-state index in [-0.39, 0.29) is 0 Å². The fourth-order valence-electron chi connectivity index (χ4n) is 1.45. The summed E-state index contributed by atoms with van der Waals surface area (Å²) in [6.45, 7) is 2.85. The number of rotatable bonds is 3. The van der Waals surface area contributed by atoms with Gasteiger partial charge < -0.3 is 9.47 Å². The molecule has 4 heteroatoms. The van der Waals surface area contributed by atoms with E-state index < -0.39 is 5.67 Å². The summed E-state index contributed by atoms with van der Waals surface area (Å²) in [6, 6.07) is 4.95. The second-order valence-electron chi connectivity index (χ2n) is 3.84. The van der Waals surface area contributed by atoms with Gasteiger partial charge in [0.05, 0.1) is 19.8 Å². The van der Waals surface area contributed by atoms with E-state index in [0.717, 1.165) is 0 Å². The quantitative estimate of drug-likeness (QED) is 0.791. The first-order valence-electron chi connectivity index (χ1n) is 4.79. The van der Waals surface area contributed by atoms with Crippen molar-refractivity contribution in [1.82, 2.24) is 0 Å². The molecule has 0 bridgehead atoms. The Kier molecular flexibility index (Phi) is 3.38. The third-order valence-electron chi connectivity index (χ3n) is 2.28. The summed E-state index contributed by atoms with van der Waals surface area (Å²) >= 11 is 0. The number of alkyl halides is 1. The Morgan fingerprint density at radius 3 is 2.12 bits per heavy atom. The Morgan fingerprint density at radius 1 is 1.19 bits per heavy atom. The normalized spacial score (nSPS) is 10.8. The summed E-state index contributed by atoms with van der Waals surface area (Å²) in [5.74, 6) is 0.703. The highest BCUT2D eigenvalue weighted by molar-refractivity contribution is 5.53. The molecule has 1 rings (SSSR count). The Hall–Kier alpha value is -1.76. The number of nitriles is 1. The fourth-order valence-corrected chi connectivity index (χ4v) is 1.45. The van der Waals surface area contributed by atoms with Crippen molar-refractivity contribution in [2.24, 2.45) is 0 Å². The summed E-state index contributed by atoms with van der Waals surface area (Å²) in [5, 5.41) is 8.88. The van der Waals surface area contributed by atoms with Crippen LogP contribution in [0.25, 0.3) is 0 Å². The van der Waals surface area contributed by atoms with Crippen LogP contribution in [0.5, 0.6) is 11.5 Å². The van der Waals surface area contributed by atoms with Crippen LogP contribution in [0.3, 0.4) is 0 Å². The highest BCUT2D eigenvalue weighted by Crippen LogP contribution is 2.37. The molecule has 0 aliphatic heterocycles. The van der Waals surface area contributed by atoms with Crippen LogP contribution in [0, 0.1) is 11.3 Å². The number of nitrogens with zero attached hydrogens (tertiary/aromatic N) is 1. The van der Waals surface area contributed by atoms with Gasteiger partial charge in [-0.15, -0.1) is 0 Å². The molecule has 0 spiro atoms. The summed E-state index contributed by atoms with van der Waals surface area (Å²) in [4.78, 5) is 0. The Balaban J connectivity index is 3.45. The minimum absolute atomic E-state index is 0.326. The summed E-state index contributed by atoms with van der Waals surface area (Å²) < 4.78 is 24.0. The third-order valence-corrected chi connectivity index (χ3v) is 2.28. The highest BCUT2D eigenvalue weighted by atomic mass is 19.1. The molecule has 0 saturated heterocycles. The molecule has 0 atom stereocenters. The molecule has 0 saturated carbocycles. The van der Waals surface area contributed by atoms with E-state index in [0.29, 0.717) is 22.6 Å². The Labute approximate surface area is 94.4 Å². The molecule has 0 heterocycles. The first-order valence-corrected chi connectivity index (χ1v) is 4.79. The lowest BCUT2D eigenvalue weighted by atomic mass is 9.97. The van der Waals surface area contributed by atoms with Crippen LogP contribution >= 0.6 is 0 Å². The van der Waals surface area contributed by atoms with Crippen molar-refractivity contribution >= 4 is 0 Å². The lowest BCUT2D eigenvalue weighted by Crippen LogP contribution is -2.11. The molecule has 1 aromatic rings. The van der Waals surface area contributed by atoms with Crippen molar-refractivity contribution in [2.75, 3.05) is 14.2 Å². The van der Waals surface area contributed by atoms with Crippen molar-refractivity contribution in [2.45, 2.75) is 19.5 Å². The number of halogens is 1. The van der Waals surface area contributed by atoms with Gasteiger partial charge >= 0.3 is 0 Å². The minimum atomic E-state index is -1.55. The van der Waals surface area contributed by atoms with Gasteiger partial charge in [0.15, 0.2) is 0 Å². The third kappa shape index (κ3) is 2.25. The Bertz CT molecular complexity index is 430. The first-order chi connectivity index (χ1) is 7.43. The molecule has 16 heavy (non-hydrogen) atoms. The zero-order valence-corrected chi connectivity index (χ0v) is 9.80. The van der Waals surface area contributed by atoms with Gasteiger partial charge in [0.1, 0.15) is 23.2 Å². The molecule has 3 nitrogen and oxygen atoms in total. The molecule has 0 unspecified atom stereocenters. The van der Waals surface area contributed by atoms with Crippen LogP contribution in [0.4, 0.5) is 4.39 Å². The second-order valence-corrected chi connectivity index (χ2v) is 3.84. The lowest BCUT2D eigenvalue weighted by Gasteiger charge is -2.19. The van der Waals surface area contributed by atoms with E-state index in [1.165, 1.54) is 40.2 Å².